The number of benzene rings is 2. The smallest absolute Gasteiger partial charge is 0.414 e. The van der Waals surface area contributed by atoms with Gasteiger partial charge in [-0.2, -0.15) is 0 Å². The van der Waals surface area contributed by atoms with Crippen LogP contribution in [0.1, 0.15) is 0 Å². The number of nitrogens with one attached hydrogen (secondary N) is 1. The summed E-state index contributed by atoms with van der Waals surface area (Å²) in [6, 6.07) is 11.5. The summed E-state index contributed by atoms with van der Waals surface area (Å²) < 4.78 is 45.4. The van der Waals surface area contributed by atoms with Crippen LogP contribution in [0.3, 0.4) is 0 Å². The van der Waals surface area contributed by atoms with E-state index in [1.807, 2.05) is 0 Å². The molecule has 1 aliphatic heterocycles. The Bertz CT molecular complexity index is 907. The zero-order chi connectivity index (χ0) is 18.0. The summed E-state index contributed by atoms with van der Waals surface area (Å²) in [6.07, 6.45) is -1.36. The average Bonchev–Trinajstić information content (AvgIpc) is 2.94. The van der Waals surface area contributed by atoms with Crippen LogP contribution in [0.5, 0.6) is 0 Å². The van der Waals surface area contributed by atoms with Gasteiger partial charge in [0, 0.05) is 6.54 Å². The first kappa shape index (κ1) is 17.7. The summed E-state index contributed by atoms with van der Waals surface area (Å²) in [5.74, 6) is -0.479. The van der Waals surface area contributed by atoms with Gasteiger partial charge in [-0.3, -0.25) is 4.90 Å². The number of nitrogens with zero attached hydrogens (tertiary/aromatic N) is 1. The number of hydrogen-bond donors (Lipinski definition) is 1. The molecule has 1 fully saturated rings. The maximum atomic E-state index is 13.3. The molecular weight excluding hydrogens is 371 g/mol. The van der Waals surface area contributed by atoms with E-state index in [-0.39, 0.29) is 23.0 Å². The Morgan fingerprint density at radius 3 is 2.72 bits per heavy atom. The SMILES string of the molecule is O=C1OC(CNS(=O)(=O)c2ccccc2Cl)CN1c1cccc(F)c1. The zero-order valence-corrected chi connectivity index (χ0v) is 14.4. The molecule has 0 bridgehead atoms. The van der Waals surface area contributed by atoms with Crippen LogP contribution in [0, 0.1) is 5.82 Å². The highest BCUT2D eigenvalue weighted by molar-refractivity contribution is 7.89. The van der Waals surface area contributed by atoms with Crippen LogP contribution in [0.4, 0.5) is 14.9 Å². The molecule has 1 amide bonds. The van der Waals surface area contributed by atoms with Gasteiger partial charge >= 0.3 is 6.09 Å². The number of carbonyl (C=O) groups excluding carboxylic acids is 1. The van der Waals surface area contributed by atoms with E-state index in [9.17, 15) is 17.6 Å². The van der Waals surface area contributed by atoms with E-state index in [1.165, 1.54) is 35.2 Å². The summed E-state index contributed by atoms with van der Waals surface area (Å²) in [6.45, 7) is -0.0154. The van der Waals surface area contributed by atoms with Crippen molar-refractivity contribution in [1.82, 2.24) is 4.72 Å². The number of halogens is 2. The van der Waals surface area contributed by atoms with E-state index >= 15 is 0 Å². The van der Waals surface area contributed by atoms with E-state index in [0.29, 0.717) is 5.69 Å². The van der Waals surface area contributed by atoms with Crippen molar-refractivity contribution in [1.29, 1.82) is 0 Å². The Hall–Kier alpha value is -2.16. The second-order valence-electron chi connectivity index (χ2n) is 5.38. The number of hydrogen-bond acceptors (Lipinski definition) is 4. The minimum atomic E-state index is -3.84. The van der Waals surface area contributed by atoms with Gasteiger partial charge in [0.15, 0.2) is 0 Å². The third-order valence-electron chi connectivity index (χ3n) is 3.62. The first-order chi connectivity index (χ1) is 11.9. The molecule has 1 heterocycles. The average molecular weight is 385 g/mol. The standard InChI is InChI=1S/C16H14ClFN2O4S/c17-14-6-1-2-7-15(14)25(22,23)19-9-13-10-20(16(21)24-13)12-5-3-4-11(18)8-12/h1-8,13,19H,9-10H2. The lowest BCUT2D eigenvalue weighted by Crippen LogP contribution is -2.34. The van der Waals surface area contributed by atoms with Gasteiger partial charge in [-0.05, 0) is 30.3 Å². The number of rotatable bonds is 5. The van der Waals surface area contributed by atoms with Gasteiger partial charge in [0.25, 0.3) is 0 Å². The van der Waals surface area contributed by atoms with E-state index in [2.05, 4.69) is 4.72 Å². The van der Waals surface area contributed by atoms with E-state index in [1.54, 1.807) is 18.2 Å². The van der Waals surface area contributed by atoms with Crippen LogP contribution in [0.25, 0.3) is 0 Å². The summed E-state index contributed by atoms with van der Waals surface area (Å²) in [5, 5.41) is 0.0970. The van der Waals surface area contributed by atoms with Crippen molar-refractivity contribution in [2.75, 3.05) is 18.0 Å². The molecule has 1 aliphatic rings. The third-order valence-corrected chi connectivity index (χ3v) is 5.54. The van der Waals surface area contributed by atoms with Gasteiger partial charge in [-0.15, -0.1) is 0 Å². The molecule has 1 saturated heterocycles. The van der Waals surface area contributed by atoms with Gasteiger partial charge in [0.05, 0.1) is 17.3 Å². The Morgan fingerprint density at radius 2 is 2.00 bits per heavy atom. The Morgan fingerprint density at radius 1 is 1.24 bits per heavy atom. The number of amides is 1. The first-order valence-corrected chi connectivity index (χ1v) is 9.21. The Balaban J connectivity index is 1.67. The van der Waals surface area contributed by atoms with E-state index in [0.717, 1.165) is 0 Å². The summed E-state index contributed by atoms with van der Waals surface area (Å²) in [4.78, 5) is 13.1. The van der Waals surface area contributed by atoms with Gasteiger partial charge < -0.3 is 4.74 Å². The molecule has 3 rings (SSSR count). The van der Waals surface area contributed by atoms with Crippen LogP contribution >= 0.6 is 11.6 Å². The summed E-state index contributed by atoms with van der Waals surface area (Å²) >= 11 is 5.90. The highest BCUT2D eigenvalue weighted by Gasteiger charge is 2.33. The van der Waals surface area contributed by atoms with Crippen LogP contribution in [0.15, 0.2) is 53.4 Å². The van der Waals surface area contributed by atoms with Crippen molar-refractivity contribution >= 4 is 33.4 Å². The molecule has 0 radical (unpaired) electrons. The van der Waals surface area contributed by atoms with Crippen molar-refractivity contribution < 1.29 is 22.3 Å². The molecule has 1 unspecified atom stereocenters. The minimum absolute atomic E-state index is 0.0528. The molecule has 0 spiro atoms. The van der Waals surface area contributed by atoms with Crippen molar-refractivity contribution in [2.24, 2.45) is 0 Å². The van der Waals surface area contributed by atoms with Gasteiger partial charge in [0.2, 0.25) is 10.0 Å². The zero-order valence-electron chi connectivity index (χ0n) is 12.9. The fraction of sp³-hybridized carbons (Fsp3) is 0.188. The lowest BCUT2D eigenvalue weighted by atomic mass is 10.2. The molecule has 2 aromatic carbocycles. The summed E-state index contributed by atoms with van der Waals surface area (Å²) in [7, 11) is -3.84. The second kappa shape index (κ2) is 6.99. The fourth-order valence-electron chi connectivity index (χ4n) is 2.43. The number of carbonyl (C=O) groups is 1. The largest absolute Gasteiger partial charge is 0.443 e. The van der Waals surface area contributed by atoms with Gasteiger partial charge in [-0.1, -0.05) is 29.8 Å². The lowest BCUT2D eigenvalue weighted by molar-refractivity contribution is 0.143. The molecular formula is C16H14ClFN2O4S. The molecule has 0 saturated carbocycles. The molecule has 1 N–H and O–H groups in total. The van der Waals surface area contributed by atoms with Crippen molar-refractivity contribution in [2.45, 2.75) is 11.0 Å². The molecule has 6 nitrogen and oxygen atoms in total. The maximum absolute atomic E-state index is 13.3. The molecule has 0 aromatic heterocycles. The maximum Gasteiger partial charge on any atom is 0.414 e. The van der Waals surface area contributed by atoms with Crippen LogP contribution < -0.4 is 9.62 Å². The molecule has 25 heavy (non-hydrogen) atoms. The minimum Gasteiger partial charge on any atom is -0.443 e. The quantitative estimate of drug-likeness (QED) is 0.860. The molecule has 1 atom stereocenters. The van der Waals surface area contributed by atoms with Crippen molar-refractivity contribution in [3.8, 4) is 0 Å². The highest BCUT2D eigenvalue weighted by atomic mass is 35.5. The van der Waals surface area contributed by atoms with E-state index < -0.39 is 28.0 Å². The topological polar surface area (TPSA) is 75.7 Å². The van der Waals surface area contributed by atoms with Crippen molar-refractivity contribution in [3.05, 3.63) is 59.4 Å². The third kappa shape index (κ3) is 3.92. The predicted molar refractivity (Wildman–Crippen MR) is 90.7 cm³/mol. The monoisotopic (exact) mass is 384 g/mol. The van der Waals surface area contributed by atoms with Gasteiger partial charge in [0.1, 0.15) is 16.8 Å². The fourth-order valence-corrected chi connectivity index (χ4v) is 4.01. The van der Waals surface area contributed by atoms with Crippen LogP contribution in [-0.4, -0.2) is 33.7 Å². The van der Waals surface area contributed by atoms with Crippen LogP contribution in [-0.2, 0) is 14.8 Å². The lowest BCUT2D eigenvalue weighted by Gasteiger charge is -2.13. The first-order valence-electron chi connectivity index (χ1n) is 7.35. The highest BCUT2D eigenvalue weighted by Crippen LogP contribution is 2.23. The number of sulfonamides is 1. The number of cyclic esters (lactones) is 1. The molecule has 132 valence electrons. The molecule has 2 aromatic rings. The summed E-state index contributed by atoms with van der Waals surface area (Å²) in [5.41, 5.74) is 0.349. The number of anilines is 1. The van der Waals surface area contributed by atoms with Gasteiger partial charge in [-0.25, -0.2) is 22.3 Å². The van der Waals surface area contributed by atoms with Crippen molar-refractivity contribution in [3.63, 3.8) is 0 Å². The second-order valence-corrected chi connectivity index (χ2v) is 7.52. The molecule has 9 heteroatoms. The molecule has 0 aliphatic carbocycles. The number of ether oxygens (including phenoxy) is 1. The Kier molecular flexibility index (Phi) is 4.94. The van der Waals surface area contributed by atoms with E-state index in [4.69, 9.17) is 16.3 Å². The normalized spacial score (nSPS) is 17.6. The predicted octanol–water partition coefficient (Wildman–Crippen LogP) is 2.78. The Labute approximate surface area is 149 Å². The van der Waals surface area contributed by atoms with Crippen LogP contribution in [0.2, 0.25) is 5.02 Å².